The van der Waals surface area contributed by atoms with Crippen molar-refractivity contribution in [1.29, 1.82) is 0 Å². The third kappa shape index (κ3) is 3.80. The van der Waals surface area contributed by atoms with Gasteiger partial charge in [-0.05, 0) is 56.2 Å². The van der Waals surface area contributed by atoms with Crippen LogP contribution in [0, 0.1) is 0 Å². The second kappa shape index (κ2) is 7.97. The van der Waals surface area contributed by atoms with Crippen molar-refractivity contribution in [2.24, 2.45) is 4.99 Å². The number of carbonyl (C=O) groups is 2. The molecule has 2 amide bonds. The molecule has 1 aliphatic carbocycles. The van der Waals surface area contributed by atoms with Crippen LogP contribution in [-0.4, -0.2) is 78.5 Å². The van der Waals surface area contributed by atoms with Gasteiger partial charge in [0.1, 0.15) is 0 Å². The Labute approximate surface area is 166 Å². The maximum Gasteiger partial charge on any atom is 0.344 e. The highest BCUT2D eigenvalue weighted by molar-refractivity contribution is 6.30. The molecule has 28 heavy (non-hydrogen) atoms. The van der Waals surface area contributed by atoms with Gasteiger partial charge in [-0.2, -0.15) is 4.99 Å². The van der Waals surface area contributed by atoms with Crippen molar-refractivity contribution >= 4 is 23.1 Å². The zero-order valence-electron chi connectivity index (χ0n) is 16.8. The molecular weight excluding hydrogens is 352 g/mol. The summed E-state index contributed by atoms with van der Waals surface area (Å²) < 4.78 is 0. The maximum absolute atomic E-state index is 12.8. The lowest BCUT2D eigenvalue weighted by atomic mass is 9.98. The zero-order valence-corrected chi connectivity index (χ0v) is 16.8. The minimum atomic E-state index is -0.206. The third-order valence-electron chi connectivity index (χ3n) is 5.92. The number of urea groups is 1. The summed E-state index contributed by atoms with van der Waals surface area (Å²) in [6.07, 6.45) is 3.46. The van der Waals surface area contributed by atoms with E-state index in [-0.39, 0.29) is 11.8 Å². The molecule has 0 unspecified atom stereocenters. The summed E-state index contributed by atoms with van der Waals surface area (Å²) in [4.78, 5) is 35.3. The minimum Gasteiger partial charge on any atom is -0.317 e. The Balaban J connectivity index is 1.62. The van der Waals surface area contributed by atoms with Crippen molar-refractivity contribution in [1.82, 2.24) is 14.7 Å². The summed E-state index contributed by atoms with van der Waals surface area (Å²) in [7, 11) is 2.17. The number of fused-ring (bicyclic) bond motifs is 1. The number of Topliss-reactive ketones (excluding diaryl/α,β-unsaturated/α-hetero) is 1. The number of ketones is 1. The van der Waals surface area contributed by atoms with E-state index in [0.29, 0.717) is 25.2 Å². The molecule has 1 aromatic carbocycles. The molecule has 2 heterocycles. The van der Waals surface area contributed by atoms with E-state index in [1.165, 1.54) is 12.0 Å². The van der Waals surface area contributed by atoms with Crippen LogP contribution in [0.25, 0.3) is 5.57 Å². The predicted octanol–water partition coefficient (Wildman–Crippen LogP) is 2.23. The molecule has 148 valence electrons. The number of amides is 2. The van der Waals surface area contributed by atoms with Crippen molar-refractivity contribution in [2.45, 2.75) is 26.3 Å². The highest BCUT2D eigenvalue weighted by Crippen LogP contribution is 2.33. The third-order valence-corrected chi connectivity index (χ3v) is 5.92. The van der Waals surface area contributed by atoms with Crippen molar-refractivity contribution in [2.75, 3.05) is 46.3 Å². The molecule has 0 spiro atoms. The summed E-state index contributed by atoms with van der Waals surface area (Å²) in [6.45, 7) is 8.24. The first-order chi connectivity index (χ1) is 13.5. The molecule has 0 aromatic heterocycles. The Morgan fingerprint density at radius 1 is 1.14 bits per heavy atom. The van der Waals surface area contributed by atoms with Crippen LogP contribution in [0.4, 0.5) is 4.79 Å². The molecule has 6 nitrogen and oxygen atoms in total. The van der Waals surface area contributed by atoms with Crippen molar-refractivity contribution in [3.8, 4) is 0 Å². The van der Waals surface area contributed by atoms with Crippen molar-refractivity contribution < 1.29 is 9.59 Å². The first-order valence-corrected chi connectivity index (χ1v) is 10.2. The van der Waals surface area contributed by atoms with Crippen molar-refractivity contribution in [3.05, 3.63) is 41.0 Å². The predicted molar refractivity (Wildman–Crippen MR) is 111 cm³/mol. The Kier molecular flexibility index (Phi) is 5.42. The number of rotatable bonds is 4. The number of hydrogen-bond donors (Lipinski definition) is 0. The molecule has 1 aromatic rings. The molecule has 1 saturated heterocycles. The fraction of sp³-hybridized carbons (Fsp3) is 0.500. The second-order valence-corrected chi connectivity index (χ2v) is 7.94. The molecule has 3 aliphatic rings. The van der Waals surface area contributed by atoms with Gasteiger partial charge >= 0.3 is 6.03 Å². The van der Waals surface area contributed by atoms with E-state index in [0.717, 1.165) is 49.4 Å². The second-order valence-electron chi connectivity index (χ2n) is 7.94. The fourth-order valence-electron chi connectivity index (χ4n) is 4.32. The number of hydrogen-bond acceptors (Lipinski definition) is 4. The lowest BCUT2D eigenvalue weighted by Gasteiger charge is -2.22. The number of carbonyl (C=O) groups excluding carboxylic acids is 2. The molecule has 6 heteroatoms. The Morgan fingerprint density at radius 3 is 2.79 bits per heavy atom. The number of allylic oxidation sites excluding steroid dienone is 1. The quantitative estimate of drug-likeness (QED) is 0.752. The van der Waals surface area contributed by atoms with Gasteiger partial charge in [0, 0.05) is 38.2 Å². The van der Waals surface area contributed by atoms with Crippen molar-refractivity contribution in [3.63, 3.8) is 0 Å². The number of likely N-dealkylation sites (N-methyl/N-ethyl adjacent to an activating group) is 1. The zero-order chi connectivity index (χ0) is 19.7. The van der Waals surface area contributed by atoms with Gasteiger partial charge in [-0.25, -0.2) is 4.79 Å². The summed E-state index contributed by atoms with van der Waals surface area (Å²) in [5.41, 5.74) is 4.78. The first-order valence-electron chi connectivity index (χ1n) is 10.2. The summed E-state index contributed by atoms with van der Waals surface area (Å²) in [5.74, 6) is 0.128. The average molecular weight is 380 g/mol. The highest BCUT2D eigenvalue weighted by atomic mass is 16.2. The van der Waals surface area contributed by atoms with Crippen LogP contribution in [0.5, 0.6) is 0 Å². The largest absolute Gasteiger partial charge is 0.344 e. The summed E-state index contributed by atoms with van der Waals surface area (Å²) in [6, 6.07) is 6.04. The standard InChI is InChI=1S/C22H28N4O2/c1-3-26-15-18(23-22(26)28)13-19-20(27)12-16-6-4-7-17(21(16)19)14-25-9-5-8-24(2)10-11-25/h4,6-7,13H,3,5,8-12,14-15H2,1-2H3/b19-13+. The molecular formula is C22H28N4O2. The molecule has 0 saturated carbocycles. The minimum absolute atomic E-state index is 0.128. The normalized spacial score (nSPS) is 22.7. The number of benzene rings is 1. The molecule has 1 fully saturated rings. The van der Waals surface area contributed by atoms with Gasteiger partial charge in [0.25, 0.3) is 0 Å². The van der Waals surface area contributed by atoms with E-state index in [1.807, 2.05) is 19.1 Å². The van der Waals surface area contributed by atoms with Crippen LogP contribution in [0.1, 0.15) is 30.0 Å². The molecule has 0 atom stereocenters. The lowest BCUT2D eigenvalue weighted by molar-refractivity contribution is -0.112. The Bertz CT molecular complexity index is 858. The van der Waals surface area contributed by atoms with E-state index >= 15 is 0 Å². The number of nitrogens with zero attached hydrogens (tertiary/aromatic N) is 4. The molecule has 0 bridgehead atoms. The van der Waals surface area contributed by atoms with Crippen LogP contribution in [-0.2, 0) is 17.8 Å². The topological polar surface area (TPSA) is 56.2 Å². The lowest BCUT2D eigenvalue weighted by Crippen LogP contribution is -2.28. The van der Waals surface area contributed by atoms with Crippen LogP contribution in [0.2, 0.25) is 0 Å². The van der Waals surface area contributed by atoms with Crippen LogP contribution in [0.3, 0.4) is 0 Å². The van der Waals surface area contributed by atoms with Gasteiger partial charge in [-0.15, -0.1) is 0 Å². The fourth-order valence-corrected chi connectivity index (χ4v) is 4.32. The van der Waals surface area contributed by atoms with Gasteiger partial charge in [-0.1, -0.05) is 18.2 Å². The van der Waals surface area contributed by atoms with E-state index in [9.17, 15) is 9.59 Å². The van der Waals surface area contributed by atoms with Gasteiger partial charge in [0.15, 0.2) is 5.78 Å². The van der Waals surface area contributed by atoms with E-state index in [1.54, 1.807) is 4.90 Å². The van der Waals surface area contributed by atoms with Crippen LogP contribution in [0.15, 0.2) is 29.3 Å². The van der Waals surface area contributed by atoms with Crippen LogP contribution < -0.4 is 0 Å². The summed E-state index contributed by atoms with van der Waals surface area (Å²) in [5, 5.41) is 0. The van der Waals surface area contributed by atoms with Gasteiger partial charge in [-0.3, -0.25) is 9.69 Å². The van der Waals surface area contributed by atoms with Gasteiger partial charge in [0.05, 0.1) is 12.3 Å². The summed E-state index contributed by atoms with van der Waals surface area (Å²) >= 11 is 0. The van der Waals surface area contributed by atoms with E-state index < -0.39 is 0 Å². The maximum atomic E-state index is 12.8. The molecule has 4 rings (SSSR count). The molecule has 0 radical (unpaired) electrons. The van der Waals surface area contributed by atoms with Crippen LogP contribution >= 0.6 is 0 Å². The number of aliphatic imine (C=N–C) groups is 1. The SMILES string of the molecule is CCN1CC(/C=C2\C(=O)Cc3cccc(CN4CCCN(C)CC4)c32)=NC1=O. The molecule has 2 aliphatic heterocycles. The Morgan fingerprint density at radius 2 is 2.00 bits per heavy atom. The molecule has 0 N–H and O–H groups in total. The smallest absolute Gasteiger partial charge is 0.317 e. The monoisotopic (exact) mass is 380 g/mol. The van der Waals surface area contributed by atoms with Gasteiger partial charge < -0.3 is 9.80 Å². The van der Waals surface area contributed by atoms with E-state index in [2.05, 4.69) is 34.0 Å². The van der Waals surface area contributed by atoms with Gasteiger partial charge in [0.2, 0.25) is 0 Å². The first kappa shape index (κ1) is 19.0. The Hall–Kier alpha value is -2.31. The average Bonchev–Trinajstić information content (AvgIpc) is 3.10. The van der Waals surface area contributed by atoms with E-state index in [4.69, 9.17) is 0 Å². The highest BCUT2D eigenvalue weighted by Gasteiger charge is 2.29.